The molecule has 0 unspecified atom stereocenters. The van der Waals surface area contributed by atoms with Gasteiger partial charge in [0, 0.05) is 32.7 Å². The van der Waals surface area contributed by atoms with E-state index in [0.29, 0.717) is 0 Å². The Labute approximate surface area is 274 Å². The van der Waals surface area contributed by atoms with Gasteiger partial charge in [-0.15, -0.1) is 0 Å². The predicted octanol–water partition coefficient (Wildman–Crippen LogP) is 11.8. The molecule has 0 fully saturated rings. The fraction of sp³-hybridized carbons (Fsp3) is 0.200. The van der Waals surface area contributed by atoms with Crippen molar-refractivity contribution in [1.82, 2.24) is 4.57 Å². The smallest absolute Gasteiger partial charge is 0.0541 e. The minimum atomic E-state index is -0.130. The molecular formula is C45H43N. The SMILES string of the molecule is CC(C)(c1ccccc1)c1ccc(-n2c3ccc(C(C)(C)c4ccccc4)cc3c3cc(C(C)(C)c4ccccc4)ccc32)cc1. The molecule has 6 aromatic carbocycles. The Bertz CT molecular complexity index is 2020. The molecule has 0 atom stereocenters. The standard InChI is InChI=1S/C45H43N/c1-43(2,32-16-10-7-11-17-32)35-22-26-38(27-23-35)46-41-28-24-36(44(3,4)33-18-12-8-13-19-33)30-39(41)40-31-37(25-29-42(40)46)45(5,6)34-20-14-9-15-21-34/h7-31H,1-6H3. The lowest BCUT2D eigenvalue weighted by molar-refractivity contribution is 0.641. The van der Waals surface area contributed by atoms with Crippen molar-refractivity contribution in [2.24, 2.45) is 0 Å². The van der Waals surface area contributed by atoms with Gasteiger partial charge in [0.25, 0.3) is 0 Å². The maximum absolute atomic E-state index is 2.45. The van der Waals surface area contributed by atoms with Crippen molar-refractivity contribution >= 4 is 21.8 Å². The molecular weight excluding hydrogens is 555 g/mol. The summed E-state index contributed by atoms with van der Waals surface area (Å²) in [5.41, 5.74) is 11.2. The molecule has 46 heavy (non-hydrogen) atoms. The van der Waals surface area contributed by atoms with E-state index >= 15 is 0 Å². The van der Waals surface area contributed by atoms with E-state index in [4.69, 9.17) is 0 Å². The Morgan fingerprint density at radius 1 is 0.326 bits per heavy atom. The Kier molecular flexibility index (Phi) is 7.24. The number of hydrogen-bond donors (Lipinski definition) is 0. The van der Waals surface area contributed by atoms with Gasteiger partial charge in [-0.05, 0) is 69.8 Å². The lowest BCUT2D eigenvalue weighted by Gasteiger charge is -2.27. The molecule has 1 aromatic heterocycles. The number of aromatic nitrogens is 1. The summed E-state index contributed by atoms with van der Waals surface area (Å²) in [4.78, 5) is 0. The largest absolute Gasteiger partial charge is 0.309 e. The van der Waals surface area contributed by atoms with Crippen molar-refractivity contribution in [3.05, 3.63) is 185 Å². The van der Waals surface area contributed by atoms with Gasteiger partial charge in [0.1, 0.15) is 0 Å². The van der Waals surface area contributed by atoms with Crippen LogP contribution in [0, 0.1) is 0 Å². The Morgan fingerprint density at radius 3 is 1.00 bits per heavy atom. The van der Waals surface area contributed by atoms with Crippen LogP contribution in [0.3, 0.4) is 0 Å². The average Bonchev–Trinajstić information content (AvgIpc) is 3.42. The van der Waals surface area contributed by atoms with Gasteiger partial charge in [0.15, 0.2) is 0 Å². The highest BCUT2D eigenvalue weighted by molar-refractivity contribution is 6.10. The van der Waals surface area contributed by atoms with E-state index in [1.54, 1.807) is 0 Å². The van der Waals surface area contributed by atoms with E-state index in [9.17, 15) is 0 Å². The van der Waals surface area contributed by atoms with Gasteiger partial charge in [-0.3, -0.25) is 0 Å². The minimum absolute atomic E-state index is 0.0868. The molecule has 0 aliphatic rings. The fourth-order valence-electron chi connectivity index (χ4n) is 7.17. The highest BCUT2D eigenvalue weighted by atomic mass is 15.0. The van der Waals surface area contributed by atoms with Gasteiger partial charge in [-0.1, -0.05) is 157 Å². The number of hydrogen-bond acceptors (Lipinski definition) is 0. The van der Waals surface area contributed by atoms with Gasteiger partial charge in [0.2, 0.25) is 0 Å². The quantitative estimate of drug-likeness (QED) is 0.172. The monoisotopic (exact) mass is 597 g/mol. The maximum atomic E-state index is 2.45. The molecule has 1 nitrogen and oxygen atoms in total. The van der Waals surface area contributed by atoms with Gasteiger partial charge in [-0.2, -0.15) is 0 Å². The molecule has 7 rings (SSSR count). The topological polar surface area (TPSA) is 4.93 Å². The lowest BCUT2D eigenvalue weighted by Crippen LogP contribution is -2.18. The zero-order valence-electron chi connectivity index (χ0n) is 27.9. The molecule has 0 saturated heterocycles. The van der Waals surface area contributed by atoms with Crippen molar-refractivity contribution in [3.63, 3.8) is 0 Å². The van der Waals surface area contributed by atoms with Crippen LogP contribution in [-0.2, 0) is 16.2 Å². The van der Waals surface area contributed by atoms with E-state index in [-0.39, 0.29) is 16.2 Å². The first-order chi connectivity index (χ1) is 22.1. The van der Waals surface area contributed by atoms with Crippen molar-refractivity contribution in [3.8, 4) is 5.69 Å². The maximum Gasteiger partial charge on any atom is 0.0541 e. The summed E-state index contributed by atoms with van der Waals surface area (Å²) in [5, 5.41) is 2.58. The second kappa shape index (κ2) is 11.2. The zero-order valence-corrected chi connectivity index (χ0v) is 27.9. The molecule has 7 aromatic rings. The molecule has 1 heteroatoms. The molecule has 0 amide bonds. The van der Waals surface area contributed by atoms with E-state index in [1.165, 1.54) is 60.9 Å². The molecule has 0 spiro atoms. The highest BCUT2D eigenvalue weighted by Crippen LogP contribution is 2.41. The summed E-state index contributed by atoms with van der Waals surface area (Å²) in [6.45, 7) is 14.0. The number of rotatable bonds is 7. The van der Waals surface area contributed by atoms with Crippen molar-refractivity contribution in [1.29, 1.82) is 0 Å². The van der Waals surface area contributed by atoms with Crippen LogP contribution in [0.4, 0.5) is 0 Å². The minimum Gasteiger partial charge on any atom is -0.309 e. The molecule has 0 aliphatic heterocycles. The van der Waals surface area contributed by atoms with Crippen LogP contribution in [0.2, 0.25) is 0 Å². The summed E-state index contributed by atoms with van der Waals surface area (Å²) >= 11 is 0. The highest BCUT2D eigenvalue weighted by Gasteiger charge is 2.27. The fourth-order valence-corrected chi connectivity index (χ4v) is 7.17. The van der Waals surface area contributed by atoms with Crippen LogP contribution >= 0.6 is 0 Å². The van der Waals surface area contributed by atoms with Crippen LogP contribution in [-0.4, -0.2) is 4.57 Å². The van der Waals surface area contributed by atoms with Crippen molar-refractivity contribution in [2.75, 3.05) is 0 Å². The molecule has 1 heterocycles. The predicted molar refractivity (Wildman–Crippen MR) is 196 cm³/mol. The van der Waals surface area contributed by atoms with Crippen LogP contribution in [0.15, 0.2) is 152 Å². The molecule has 0 radical (unpaired) electrons. The normalized spacial score (nSPS) is 12.6. The average molecular weight is 598 g/mol. The summed E-state index contributed by atoms with van der Waals surface area (Å²) in [7, 11) is 0. The van der Waals surface area contributed by atoms with Gasteiger partial charge in [0.05, 0.1) is 11.0 Å². The number of fused-ring (bicyclic) bond motifs is 3. The van der Waals surface area contributed by atoms with Crippen LogP contribution in [0.1, 0.15) is 74.9 Å². The third-order valence-corrected chi connectivity index (χ3v) is 10.5. The Balaban J connectivity index is 1.42. The second-order valence-electron chi connectivity index (χ2n) is 14.3. The third-order valence-electron chi connectivity index (χ3n) is 10.5. The van der Waals surface area contributed by atoms with E-state index in [0.717, 1.165) is 0 Å². The first kappa shape index (κ1) is 29.8. The summed E-state index contributed by atoms with van der Waals surface area (Å²) in [6, 6.07) is 55.9. The van der Waals surface area contributed by atoms with E-state index in [1.807, 2.05) is 0 Å². The molecule has 0 N–H and O–H groups in total. The Morgan fingerprint density at radius 2 is 0.630 bits per heavy atom. The van der Waals surface area contributed by atoms with E-state index in [2.05, 4.69) is 198 Å². The van der Waals surface area contributed by atoms with Crippen molar-refractivity contribution < 1.29 is 0 Å². The van der Waals surface area contributed by atoms with Crippen LogP contribution in [0.5, 0.6) is 0 Å². The molecule has 0 aliphatic carbocycles. The van der Waals surface area contributed by atoms with Gasteiger partial charge < -0.3 is 4.57 Å². The molecule has 0 saturated carbocycles. The van der Waals surface area contributed by atoms with Gasteiger partial charge >= 0.3 is 0 Å². The molecule has 0 bridgehead atoms. The first-order valence-corrected chi connectivity index (χ1v) is 16.5. The molecule has 228 valence electrons. The third kappa shape index (κ3) is 4.95. The van der Waals surface area contributed by atoms with Gasteiger partial charge in [-0.25, -0.2) is 0 Å². The van der Waals surface area contributed by atoms with Crippen molar-refractivity contribution in [2.45, 2.75) is 57.8 Å². The number of benzene rings is 6. The zero-order chi connectivity index (χ0) is 32.1. The first-order valence-electron chi connectivity index (χ1n) is 16.5. The number of nitrogens with zero attached hydrogens (tertiary/aromatic N) is 1. The summed E-state index contributed by atoms with van der Waals surface area (Å²) in [6.07, 6.45) is 0. The summed E-state index contributed by atoms with van der Waals surface area (Å²) < 4.78 is 2.45. The lowest BCUT2D eigenvalue weighted by atomic mass is 9.77. The second-order valence-corrected chi connectivity index (χ2v) is 14.3. The van der Waals surface area contributed by atoms with Crippen LogP contribution < -0.4 is 0 Å². The van der Waals surface area contributed by atoms with E-state index < -0.39 is 0 Å². The summed E-state index contributed by atoms with van der Waals surface area (Å²) in [5.74, 6) is 0. The Hall–Kier alpha value is -4.88. The van der Waals surface area contributed by atoms with Crippen LogP contribution in [0.25, 0.3) is 27.5 Å².